The number of amides is 1. The molecule has 1 amide bonds. The molecule has 3 heteroatoms. The number of carbonyl (C=O) groups is 1. The molecule has 1 aliphatic rings. The lowest BCUT2D eigenvalue weighted by Gasteiger charge is -2.17. The van der Waals surface area contributed by atoms with E-state index >= 15 is 0 Å². The maximum atomic E-state index is 11.3. The second-order valence-corrected chi connectivity index (χ2v) is 4.68. The molecule has 0 atom stereocenters. The van der Waals surface area contributed by atoms with Gasteiger partial charge in [0.05, 0.1) is 0 Å². The molecule has 1 saturated carbocycles. The summed E-state index contributed by atoms with van der Waals surface area (Å²) >= 11 is 0. The van der Waals surface area contributed by atoms with Crippen molar-refractivity contribution in [2.75, 3.05) is 20.6 Å². The average molecular weight is 212 g/mol. The number of nitrogens with zero attached hydrogens (tertiary/aromatic N) is 1. The first-order chi connectivity index (χ1) is 7.20. The third-order valence-electron chi connectivity index (χ3n) is 3.13. The first-order valence-corrected chi connectivity index (χ1v) is 6.13. The summed E-state index contributed by atoms with van der Waals surface area (Å²) < 4.78 is 0. The van der Waals surface area contributed by atoms with E-state index in [0.717, 1.165) is 6.54 Å². The Labute approximate surface area is 93.2 Å². The molecule has 0 radical (unpaired) electrons. The number of rotatable bonds is 4. The summed E-state index contributed by atoms with van der Waals surface area (Å²) in [6.07, 6.45) is 8.66. The van der Waals surface area contributed by atoms with E-state index in [1.54, 1.807) is 4.90 Å². The average Bonchev–Trinajstić information content (AvgIpc) is 2.46. The van der Waals surface area contributed by atoms with E-state index in [0.29, 0.717) is 12.5 Å². The first-order valence-electron chi connectivity index (χ1n) is 6.13. The van der Waals surface area contributed by atoms with E-state index in [2.05, 4.69) is 5.32 Å². The molecule has 88 valence electrons. The molecular weight excluding hydrogens is 188 g/mol. The second-order valence-electron chi connectivity index (χ2n) is 4.68. The van der Waals surface area contributed by atoms with E-state index < -0.39 is 0 Å². The Bertz CT molecular complexity index is 184. The van der Waals surface area contributed by atoms with E-state index in [4.69, 9.17) is 0 Å². The van der Waals surface area contributed by atoms with Gasteiger partial charge in [0.2, 0.25) is 5.91 Å². The molecule has 1 N–H and O–H groups in total. The van der Waals surface area contributed by atoms with Gasteiger partial charge in [-0.1, -0.05) is 25.7 Å². The highest BCUT2D eigenvalue weighted by atomic mass is 16.2. The predicted molar refractivity (Wildman–Crippen MR) is 62.8 cm³/mol. The van der Waals surface area contributed by atoms with Crippen LogP contribution in [0.4, 0.5) is 0 Å². The Morgan fingerprint density at radius 2 is 1.80 bits per heavy atom. The van der Waals surface area contributed by atoms with Gasteiger partial charge in [-0.25, -0.2) is 0 Å². The van der Waals surface area contributed by atoms with E-state index in [1.165, 1.54) is 38.5 Å². The summed E-state index contributed by atoms with van der Waals surface area (Å²) in [4.78, 5) is 13.0. The lowest BCUT2D eigenvalue weighted by molar-refractivity contribution is -0.128. The van der Waals surface area contributed by atoms with Gasteiger partial charge < -0.3 is 10.2 Å². The minimum atomic E-state index is 0.219. The number of hydrogen-bond donors (Lipinski definition) is 1. The van der Waals surface area contributed by atoms with Crippen molar-refractivity contribution < 1.29 is 4.79 Å². The van der Waals surface area contributed by atoms with E-state index in [-0.39, 0.29) is 5.91 Å². The fraction of sp³-hybridized carbons (Fsp3) is 0.917. The van der Waals surface area contributed by atoms with Gasteiger partial charge in [0.15, 0.2) is 0 Å². The molecule has 0 heterocycles. The van der Waals surface area contributed by atoms with Crippen molar-refractivity contribution in [3.05, 3.63) is 0 Å². The highest BCUT2D eigenvalue weighted by molar-refractivity contribution is 5.75. The SMILES string of the molecule is CN(C)C(=O)CCNC1CCCCCC1. The molecule has 0 saturated heterocycles. The van der Waals surface area contributed by atoms with Crippen molar-refractivity contribution in [2.24, 2.45) is 0 Å². The van der Waals surface area contributed by atoms with Crippen molar-refractivity contribution in [2.45, 2.75) is 51.0 Å². The van der Waals surface area contributed by atoms with Gasteiger partial charge in [-0.3, -0.25) is 4.79 Å². The molecule has 0 spiro atoms. The standard InChI is InChI=1S/C12H24N2O/c1-14(2)12(15)9-10-13-11-7-5-3-4-6-8-11/h11,13H,3-10H2,1-2H3. The van der Waals surface area contributed by atoms with Crippen LogP contribution >= 0.6 is 0 Å². The Morgan fingerprint density at radius 3 is 2.33 bits per heavy atom. The quantitative estimate of drug-likeness (QED) is 0.720. The maximum Gasteiger partial charge on any atom is 0.223 e. The molecule has 0 unspecified atom stereocenters. The molecule has 0 bridgehead atoms. The van der Waals surface area contributed by atoms with Crippen LogP contribution < -0.4 is 5.32 Å². The maximum absolute atomic E-state index is 11.3. The Hall–Kier alpha value is -0.570. The molecule has 15 heavy (non-hydrogen) atoms. The fourth-order valence-electron chi connectivity index (χ4n) is 2.09. The zero-order valence-corrected chi connectivity index (χ0v) is 10.1. The third-order valence-corrected chi connectivity index (χ3v) is 3.13. The Morgan fingerprint density at radius 1 is 1.20 bits per heavy atom. The normalized spacial score (nSPS) is 18.5. The zero-order chi connectivity index (χ0) is 11.1. The van der Waals surface area contributed by atoms with Crippen molar-refractivity contribution in [1.82, 2.24) is 10.2 Å². The van der Waals surface area contributed by atoms with Crippen molar-refractivity contribution >= 4 is 5.91 Å². The summed E-state index contributed by atoms with van der Waals surface area (Å²) in [5.41, 5.74) is 0. The summed E-state index contributed by atoms with van der Waals surface area (Å²) in [5, 5.41) is 3.50. The van der Waals surface area contributed by atoms with Crippen molar-refractivity contribution in [1.29, 1.82) is 0 Å². The molecule has 0 aliphatic heterocycles. The van der Waals surface area contributed by atoms with Crippen LogP contribution in [0.15, 0.2) is 0 Å². The summed E-state index contributed by atoms with van der Waals surface area (Å²) in [6.45, 7) is 0.835. The molecule has 0 aromatic rings. The van der Waals surface area contributed by atoms with E-state index in [1.807, 2.05) is 14.1 Å². The second kappa shape index (κ2) is 6.83. The van der Waals surface area contributed by atoms with Crippen LogP contribution in [0.1, 0.15) is 44.9 Å². The highest BCUT2D eigenvalue weighted by Crippen LogP contribution is 2.16. The highest BCUT2D eigenvalue weighted by Gasteiger charge is 2.11. The zero-order valence-electron chi connectivity index (χ0n) is 10.1. The molecular formula is C12H24N2O. The third kappa shape index (κ3) is 5.17. The van der Waals surface area contributed by atoms with Gasteiger partial charge in [0.25, 0.3) is 0 Å². The smallest absolute Gasteiger partial charge is 0.223 e. The van der Waals surface area contributed by atoms with Gasteiger partial charge >= 0.3 is 0 Å². The number of carbonyl (C=O) groups excluding carboxylic acids is 1. The Balaban J connectivity index is 2.10. The molecule has 1 rings (SSSR count). The van der Waals surface area contributed by atoms with Crippen molar-refractivity contribution in [3.63, 3.8) is 0 Å². The minimum absolute atomic E-state index is 0.219. The van der Waals surface area contributed by atoms with E-state index in [9.17, 15) is 4.79 Å². The fourth-order valence-corrected chi connectivity index (χ4v) is 2.09. The van der Waals surface area contributed by atoms with Crippen LogP contribution in [0.25, 0.3) is 0 Å². The van der Waals surface area contributed by atoms with Crippen LogP contribution in [-0.4, -0.2) is 37.5 Å². The number of nitrogens with one attached hydrogen (secondary N) is 1. The lowest BCUT2D eigenvalue weighted by Crippen LogP contribution is -2.32. The lowest BCUT2D eigenvalue weighted by atomic mass is 10.1. The van der Waals surface area contributed by atoms with Gasteiger partial charge in [0.1, 0.15) is 0 Å². The van der Waals surface area contributed by atoms with Gasteiger partial charge in [-0.15, -0.1) is 0 Å². The van der Waals surface area contributed by atoms with Crippen LogP contribution in [0.2, 0.25) is 0 Å². The molecule has 0 aromatic carbocycles. The van der Waals surface area contributed by atoms with Crippen molar-refractivity contribution in [3.8, 4) is 0 Å². The molecule has 3 nitrogen and oxygen atoms in total. The first kappa shape index (κ1) is 12.5. The molecule has 1 fully saturated rings. The van der Waals surface area contributed by atoms with Gasteiger partial charge in [-0.2, -0.15) is 0 Å². The topological polar surface area (TPSA) is 32.3 Å². The van der Waals surface area contributed by atoms with Gasteiger partial charge in [0, 0.05) is 33.1 Å². The summed E-state index contributed by atoms with van der Waals surface area (Å²) in [7, 11) is 3.63. The molecule has 1 aliphatic carbocycles. The molecule has 0 aromatic heterocycles. The van der Waals surface area contributed by atoms with Crippen LogP contribution in [0.3, 0.4) is 0 Å². The van der Waals surface area contributed by atoms with Crippen LogP contribution in [-0.2, 0) is 4.79 Å². The minimum Gasteiger partial charge on any atom is -0.349 e. The monoisotopic (exact) mass is 212 g/mol. The Kier molecular flexibility index (Phi) is 5.69. The largest absolute Gasteiger partial charge is 0.349 e. The summed E-state index contributed by atoms with van der Waals surface area (Å²) in [6, 6.07) is 0.655. The summed E-state index contributed by atoms with van der Waals surface area (Å²) in [5.74, 6) is 0.219. The number of hydrogen-bond acceptors (Lipinski definition) is 2. The predicted octanol–water partition coefficient (Wildman–Crippen LogP) is 1.78. The van der Waals surface area contributed by atoms with Crippen LogP contribution in [0, 0.1) is 0 Å². The van der Waals surface area contributed by atoms with Gasteiger partial charge in [-0.05, 0) is 12.8 Å². The van der Waals surface area contributed by atoms with Crippen LogP contribution in [0.5, 0.6) is 0 Å².